The van der Waals surface area contributed by atoms with E-state index in [1.165, 1.54) is 5.56 Å². The monoisotopic (exact) mass is 311 g/mol. The van der Waals surface area contributed by atoms with Crippen molar-refractivity contribution < 1.29 is 0 Å². The van der Waals surface area contributed by atoms with E-state index in [-0.39, 0.29) is 0 Å². The predicted molar refractivity (Wildman–Crippen MR) is 98.4 cm³/mol. The smallest absolute Gasteiger partial charge is 0.0930 e. The van der Waals surface area contributed by atoms with E-state index in [1.807, 2.05) is 36.4 Å². The molecule has 2 aromatic heterocycles. The first-order valence-corrected chi connectivity index (χ1v) is 7.99. The normalized spacial score (nSPS) is 11.3. The molecule has 4 rings (SSSR count). The number of hydrogen-bond donors (Lipinski definition) is 0. The number of pyridine rings is 1. The molecule has 0 aliphatic heterocycles. The van der Waals surface area contributed by atoms with E-state index < -0.39 is 0 Å². The molecule has 0 radical (unpaired) electrons. The summed E-state index contributed by atoms with van der Waals surface area (Å²) in [4.78, 5) is 4.33. The molecule has 0 saturated heterocycles. The van der Waals surface area contributed by atoms with Crippen molar-refractivity contribution in [3.8, 4) is 0 Å². The quantitative estimate of drug-likeness (QED) is 0.549. The lowest BCUT2D eigenvalue weighted by atomic mass is 10.2. The van der Waals surface area contributed by atoms with Crippen molar-refractivity contribution >= 4 is 23.1 Å². The average Bonchev–Trinajstić information content (AvgIpc) is 3.00. The van der Waals surface area contributed by atoms with Gasteiger partial charge < -0.3 is 0 Å². The zero-order chi connectivity index (χ0) is 16.2. The van der Waals surface area contributed by atoms with Crippen LogP contribution < -0.4 is 0 Å². The van der Waals surface area contributed by atoms with Crippen LogP contribution in [-0.4, -0.2) is 14.8 Å². The van der Waals surface area contributed by atoms with Crippen LogP contribution in [0.25, 0.3) is 23.1 Å². The van der Waals surface area contributed by atoms with Crippen molar-refractivity contribution in [3.05, 3.63) is 95.9 Å². The third kappa shape index (κ3) is 2.97. The highest BCUT2D eigenvalue weighted by molar-refractivity contribution is 5.89. The summed E-state index contributed by atoms with van der Waals surface area (Å²) in [6, 6.07) is 24.6. The fourth-order valence-corrected chi connectivity index (χ4v) is 2.79. The highest BCUT2D eigenvalue weighted by Crippen LogP contribution is 2.21. The Labute approximate surface area is 140 Å². The van der Waals surface area contributed by atoms with E-state index in [2.05, 4.69) is 58.2 Å². The molecule has 0 aliphatic rings. The zero-order valence-corrected chi connectivity index (χ0v) is 13.2. The molecular weight excluding hydrogens is 294 g/mol. The Kier molecular flexibility index (Phi) is 3.90. The maximum absolute atomic E-state index is 4.80. The predicted octanol–water partition coefficient (Wildman–Crippen LogP) is 4.65. The van der Waals surface area contributed by atoms with E-state index in [4.69, 9.17) is 5.10 Å². The highest BCUT2D eigenvalue weighted by Gasteiger charge is 2.08. The molecule has 0 aliphatic carbocycles. The van der Waals surface area contributed by atoms with E-state index in [9.17, 15) is 0 Å². The van der Waals surface area contributed by atoms with Crippen LogP contribution in [0, 0.1) is 0 Å². The average molecular weight is 311 g/mol. The Morgan fingerprint density at radius 2 is 1.58 bits per heavy atom. The van der Waals surface area contributed by atoms with Crippen LogP contribution >= 0.6 is 0 Å². The molecule has 0 spiro atoms. The molecule has 4 aromatic rings. The lowest BCUT2D eigenvalue weighted by Gasteiger charge is -2.03. The van der Waals surface area contributed by atoms with Crippen LogP contribution in [0.2, 0.25) is 0 Å². The van der Waals surface area contributed by atoms with Crippen molar-refractivity contribution in [2.24, 2.45) is 0 Å². The molecule has 0 fully saturated rings. The van der Waals surface area contributed by atoms with E-state index >= 15 is 0 Å². The topological polar surface area (TPSA) is 30.7 Å². The van der Waals surface area contributed by atoms with Gasteiger partial charge in [0.25, 0.3) is 0 Å². The van der Waals surface area contributed by atoms with Gasteiger partial charge in [-0.2, -0.15) is 5.10 Å². The third-order valence-electron chi connectivity index (χ3n) is 3.96. The lowest BCUT2D eigenvalue weighted by Crippen LogP contribution is -2.01. The summed E-state index contributed by atoms with van der Waals surface area (Å²) in [5, 5.41) is 5.96. The standard InChI is InChI=1S/C21H17N3/c1-2-8-17(9-3-1)16-24-21-12-5-4-11-19(21)20(23-24)14-13-18-10-6-7-15-22-18/h1-15H,16H2. The van der Waals surface area contributed by atoms with Gasteiger partial charge in [0.05, 0.1) is 23.4 Å². The minimum absolute atomic E-state index is 0.763. The molecule has 0 amide bonds. The zero-order valence-electron chi connectivity index (χ0n) is 13.2. The molecule has 0 bridgehead atoms. The van der Waals surface area contributed by atoms with E-state index in [1.54, 1.807) is 6.20 Å². The van der Waals surface area contributed by atoms with Crippen molar-refractivity contribution in [2.45, 2.75) is 6.54 Å². The molecule has 0 N–H and O–H groups in total. The Morgan fingerprint density at radius 1 is 0.792 bits per heavy atom. The summed E-state index contributed by atoms with van der Waals surface area (Å²) in [6.07, 6.45) is 5.83. The molecule has 116 valence electrons. The molecule has 2 aromatic carbocycles. The van der Waals surface area contributed by atoms with Crippen LogP contribution in [-0.2, 0) is 6.54 Å². The van der Waals surface area contributed by atoms with Crippen LogP contribution in [0.1, 0.15) is 17.0 Å². The van der Waals surface area contributed by atoms with Crippen LogP contribution in [0.3, 0.4) is 0 Å². The maximum atomic E-state index is 4.80. The van der Waals surface area contributed by atoms with Crippen LogP contribution in [0.15, 0.2) is 79.0 Å². The maximum Gasteiger partial charge on any atom is 0.0930 e. The van der Waals surface area contributed by atoms with Gasteiger partial charge in [-0.3, -0.25) is 9.67 Å². The number of aromatic nitrogens is 3. The Balaban J connectivity index is 1.73. The van der Waals surface area contributed by atoms with Crippen molar-refractivity contribution in [3.63, 3.8) is 0 Å². The summed E-state index contributed by atoms with van der Waals surface area (Å²) >= 11 is 0. The fourth-order valence-electron chi connectivity index (χ4n) is 2.79. The Bertz CT molecular complexity index is 970. The minimum Gasteiger partial charge on any atom is -0.260 e. The summed E-state index contributed by atoms with van der Waals surface area (Å²) in [7, 11) is 0. The second-order valence-electron chi connectivity index (χ2n) is 5.63. The second-order valence-corrected chi connectivity index (χ2v) is 5.63. The van der Waals surface area contributed by atoms with Gasteiger partial charge in [0.2, 0.25) is 0 Å². The molecular formula is C21H17N3. The SMILES string of the molecule is C(=Cc1nn(Cc2ccccc2)c2ccccc12)c1ccccn1. The molecule has 3 nitrogen and oxygen atoms in total. The molecule has 3 heteroatoms. The van der Waals surface area contributed by atoms with Crippen molar-refractivity contribution in [2.75, 3.05) is 0 Å². The number of rotatable bonds is 4. The fraction of sp³-hybridized carbons (Fsp3) is 0.0476. The highest BCUT2D eigenvalue weighted by atomic mass is 15.3. The third-order valence-corrected chi connectivity index (χ3v) is 3.96. The van der Waals surface area contributed by atoms with Crippen LogP contribution in [0.5, 0.6) is 0 Å². The van der Waals surface area contributed by atoms with E-state index in [0.29, 0.717) is 0 Å². The molecule has 2 heterocycles. The van der Waals surface area contributed by atoms with Crippen molar-refractivity contribution in [1.29, 1.82) is 0 Å². The lowest BCUT2D eigenvalue weighted by molar-refractivity contribution is 0.710. The van der Waals surface area contributed by atoms with E-state index in [0.717, 1.165) is 28.8 Å². The number of para-hydroxylation sites is 1. The Morgan fingerprint density at radius 3 is 2.42 bits per heavy atom. The minimum atomic E-state index is 0.763. The second kappa shape index (κ2) is 6.50. The van der Waals surface area contributed by atoms with Gasteiger partial charge in [-0.15, -0.1) is 0 Å². The first-order chi connectivity index (χ1) is 11.9. The molecule has 24 heavy (non-hydrogen) atoms. The first kappa shape index (κ1) is 14.4. The summed E-state index contributed by atoms with van der Waals surface area (Å²) in [5.41, 5.74) is 4.28. The summed E-state index contributed by atoms with van der Waals surface area (Å²) < 4.78 is 2.06. The van der Waals surface area contributed by atoms with Gasteiger partial charge >= 0.3 is 0 Å². The van der Waals surface area contributed by atoms with Gasteiger partial charge in [0.1, 0.15) is 0 Å². The number of hydrogen-bond acceptors (Lipinski definition) is 2. The molecule has 0 saturated carbocycles. The van der Waals surface area contributed by atoms with Gasteiger partial charge in [0.15, 0.2) is 0 Å². The summed E-state index contributed by atoms with van der Waals surface area (Å²) in [6.45, 7) is 0.763. The van der Waals surface area contributed by atoms with Crippen LogP contribution in [0.4, 0.5) is 0 Å². The van der Waals surface area contributed by atoms with Crippen molar-refractivity contribution in [1.82, 2.24) is 14.8 Å². The number of benzene rings is 2. The first-order valence-electron chi connectivity index (χ1n) is 7.99. The Hall–Kier alpha value is -3.20. The van der Waals surface area contributed by atoms with Gasteiger partial charge in [-0.05, 0) is 35.9 Å². The number of fused-ring (bicyclic) bond motifs is 1. The van der Waals surface area contributed by atoms with Gasteiger partial charge in [0, 0.05) is 11.6 Å². The van der Waals surface area contributed by atoms with Gasteiger partial charge in [-0.1, -0.05) is 54.6 Å². The summed E-state index contributed by atoms with van der Waals surface area (Å²) in [5.74, 6) is 0. The molecule has 0 atom stereocenters. The van der Waals surface area contributed by atoms with Gasteiger partial charge in [-0.25, -0.2) is 0 Å². The largest absolute Gasteiger partial charge is 0.260 e. The molecule has 0 unspecified atom stereocenters. The number of nitrogens with zero attached hydrogens (tertiary/aromatic N) is 3.